The highest BCUT2D eigenvalue weighted by Gasteiger charge is 2.31. The van der Waals surface area contributed by atoms with Crippen molar-refractivity contribution in [1.82, 2.24) is 10.2 Å². The number of likely N-dealkylation sites (tertiary alicyclic amines) is 1. The van der Waals surface area contributed by atoms with Crippen molar-refractivity contribution < 1.29 is 23.4 Å². The number of methoxy groups -OCH3 is 3. The summed E-state index contributed by atoms with van der Waals surface area (Å²) in [7, 11) is 4.71. The van der Waals surface area contributed by atoms with Crippen LogP contribution in [0.25, 0.3) is 0 Å². The van der Waals surface area contributed by atoms with E-state index in [1.807, 2.05) is 23.1 Å². The largest absolute Gasteiger partial charge is 0.493 e. The fourth-order valence-corrected chi connectivity index (χ4v) is 3.87. The quantitative estimate of drug-likeness (QED) is 0.601. The summed E-state index contributed by atoms with van der Waals surface area (Å²) in [4.78, 5) is 14.4. The molecule has 0 aromatic heterocycles. The highest BCUT2D eigenvalue weighted by Crippen LogP contribution is 2.39. The maximum absolute atomic E-state index is 13.7. The number of carbonyl (C=O) groups excluding carboxylic acids is 1. The molecule has 30 heavy (non-hydrogen) atoms. The van der Waals surface area contributed by atoms with E-state index < -0.39 is 0 Å². The predicted octanol–water partition coefficient (Wildman–Crippen LogP) is 3.52. The first-order valence-corrected chi connectivity index (χ1v) is 10.1. The van der Waals surface area contributed by atoms with Crippen LogP contribution in [0.5, 0.6) is 17.2 Å². The minimum Gasteiger partial charge on any atom is -0.493 e. The van der Waals surface area contributed by atoms with E-state index in [1.54, 1.807) is 33.5 Å². The van der Waals surface area contributed by atoms with Crippen molar-refractivity contribution in [1.29, 1.82) is 0 Å². The Morgan fingerprint density at radius 2 is 1.80 bits per heavy atom. The fraction of sp³-hybridized carbons (Fsp3) is 0.435. The smallest absolute Gasteiger partial charge is 0.223 e. The average molecular weight is 416 g/mol. The van der Waals surface area contributed by atoms with Crippen LogP contribution in [-0.4, -0.2) is 44.7 Å². The number of nitrogens with one attached hydrogen (secondary N) is 1. The Bertz CT molecular complexity index is 849. The predicted molar refractivity (Wildman–Crippen MR) is 112 cm³/mol. The minimum atomic E-state index is -0.204. The molecule has 0 bridgehead atoms. The number of halogens is 1. The van der Waals surface area contributed by atoms with Crippen LogP contribution in [0.1, 0.15) is 30.4 Å². The Balaban J connectivity index is 1.62. The van der Waals surface area contributed by atoms with Crippen molar-refractivity contribution in [3.05, 3.63) is 53.3 Å². The van der Waals surface area contributed by atoms with Crippen molar-refractivity contribution in [2.24, 2.45) is 0 Å². The van der Waals surface area contributed by atoms with Crippen LogP contribution in [0.15, 0.2) is 36.4 Å². The van der Waals surface area contributed by atoms with Crippen LogP contribution >= 0.6 is 0 Å². The van der Waals surface area contributed by atoms with Gasteiger partial charge in [0.15, 0.2) is 11.5 Å². The van der Waals surface area contributed by atoms with E-state index in [0.717, 1.165) is 18.4 Å². The molecule has 1 heterocycles. The molecule has 0 saturated carbocycles. The lowest BCUT2D eigenvalue weighted by Gasteiger charge is -2.26. The summed E-state index contributed by atoms with van der Waals surface area (Å²) in [6.45, 7) is 1.66. The molecular formula is C23H29FN2O4. The zero-order chi connectivity index (χ0) is 21.5. The summed E-state index contributed by atoms with van der Waals surface area (Å²) in [6.07, 6.45) is 2.18. The van der Waals surface area contributed by atoms with Gasteiger partial charge < -0.3 is 24.4 Å². The summed E-state index contributed by atoms with van der Waals surface area (Å²) in [5, 5.41) is 3.29. The number of rotatable bonds is 10. The van der Waals surface area contributed by atoms with Gasteiger partial charge in [0.05, 0.1) is 21.3 Å². The Morgan fingerprint density at radius 3 is 2.43 bits per heavy atom. The van der Waals surface area contributed by atoms with Gasteiger partial charge in [0.1, 0.15) is 5.82 Å². The third kappa shape index (κ3) is 5.02. The second kappa shape index (κ2) is 10.3. The SMILES string of the molecule is COc1cc(CN2C(=O)CC[C@@H]2CCNCc2ccccc2F)cc(OC)c1OC. The average Bonchev–Trinajstić information content (AvgIpc) is 3.10. The lowest BCUT2D eigenvalue weighted by molar-refractivity contribution is -0.129. The molecule has 6 nitrogen and oxygen atoms in total. The van der Waals surface area contributed by atoms with E-state index in [9.17, 15) is 9.18 Å². The van der Waals surface area contributed by atoms with Gasteiger partial charge in [-0.2, -0.15) is 0 Å². The van der Waals surface area contributed by atoms with Gasteiger partial charge in [-0.1, -0.05) is 18.2 Å². The van der Waals surface area contributed by atoms with Gasteiger partial charge in [-0.25, -0.2) is 4.39 Å². The maximum atomic E-state index is 13.7. The molecule has 1 aliphatic rings. The number of nitrogens with zero attached hydrogens (tertiary/aromatic N) is 1. The molecule has 0 unspecified atom stereocenters. The van der Waals surface area contributed by atoms with Crippen LogP contribution in [0, 0.1) is 5.82 Å². The first-order chi connectivity index (χ1) is 14.6. The van der Waals surface area contributed by atoms with Crippen molar-refractivity contribution in [3.63, 3.8) is 0 Å². The van der Waals surface area contributed by atoms with E-state index in [4.69, 9.17) is 14.2 Å². The monoisotopic (exact) mass is 416 g/mol. The van der Waals surface area contributed by atoms with Gasteiger partial charge in [-0.3, -0.25) is 4.79 Å². The molecule has 1 saturated heterocycles. The van der Waals surface area contributed by atoms with E-state index >= 15 is 0 Å². The van der Waals surface area contributed by atoms with Gasteiger partial charge in [0, 0.05) is 31.1 Å². The molecule has 7 heteroatoms. The van der Waals surface area contributed by atoms with Gasteiger partial charge in [-0.05, 0) is 43.1 Å². The molecule has 162 valence electrons. The Morgan fingerprint density at radius 1 is 1.10 bits per heavy atom. The number of carbonyl (C=O) groups is 1. The molecule has 0 aliphatic carbocycles. The Kier molecular flexibility index (Phi) is 7.52. The minimum absolute atomic E-state index is 0.142. The molecule has 2 aromatic carbocycles. The zero-order valence-corrected chi connectivity index (χ0v) is 17.7. The summed E-state index contributed by atoms with van der Waals surface area (Å²) in [5.74, 6) is 1.61. The molecule has 0 spiro atoms. The van der Waals surface area contributed by atoms with Gasteiger partial charge in [0.25, 0.3) is 0 Å². The first-order valence-electron chi connectivity index (χ1n) is 10.1. The second-order valence-electron chi connectivity index (χ2n) is 7.30. The van der Waals surface area contributed by atoms with Crippen molar-refractivity contribution in [3.8, 4) is 17.2 Å². The molecule has 2 aromatic rings. The standard InChI is InChI=1S/C23H29FN2O4/c1-28-20-12-16(13-21(29-2)23(20)30-3)15-26-18(8-9-22(26)27)10-11-25-14-17-6-4-5-7-19(17)24/h4-7,12-13,18,25H,8-11,14-15H2,1-3H3/t18-/m1/s1. The highest BCUT2D eigenvalue weighted by molar-refractivity contribution is 5.78. The third-order valence-electron chi connectivity index (χ3n) is 5.46. The highest BCUT2D eigenvalue weighted by atomic mass is 19.1. The van der Waals surface area contributed by atoms with E-state index in [1.165, 1.54) is 6.07 Å². The first kappa shape index (κ1) is 21.9. The summed E-state index contributed by atoms with van der Waals surface area (Å²) < 4.78 is 29.9. The zero-order valence-electron chi connectivity index (χ0n) is 17.7. The van der Waals surface area contributed by atoms with Gasteiger partial charge in [-0.15, -0.1) is 0 Å². The lowest BCUT2D eigenvalue weighted by atomic mass is 10.1. The fourth-order valence-electron chi connectivity index (χ4n) is 3.87. The van der Waals surface area contributed by atoms with Crippen LogP contribution < -0.4 is 19.5 Å². The molecule has 3 rings (SSSR count). The topological polar surface area (TPSA) is 60.0 Å². The lowest BCUT2D eigenvalue weighted by Crippen LogP contribution is -2.34. The molecule has 1 atom stereocenters. The molecule has 1 fully saturated rings. The van der Waals surface area contributed by atoms with Crippen molar-refractivity contribution >= 4 is 5.91 Å². The van der Waals surface area contributed by atoms with Gasteiger partial charge in [0.2, 0.25) is 11.7 Å². The molecule has 1 amide bonds. The number of hydrogen-bond acceptors (Lipinski definition) is 5. The van der Waals surface area contributed by atoms with Crippen LogP contribution in [0.4, 0.5) is 4.39 Å². The Hall–Kier alpha value is -2.80. The summed E-state index contributed by atoms with van der Waals surface area (Å²) in [6, 6.07) is 10.6. The van der Waals surface area contributed by atoms with Crippen molar-refractivity contribution in [2.75, 3.05) is 27.9 Å². The van der Waals surface area contributed by atoms with E-state index in [0.29, 0.717) is 48.9 Å². The molecule has 1 aliphatic heterocycles. The molecule has 1 N–H and O–H groups in total. The number of amides is 1. The van der Waals surface area contributed by atoms with E-state index in [2.05, 4.69) is 5.32 Å². The third-order valence-corrected chi connectivity index (χ3v) is 5.46. The molecular weight excluding hydrogens is 387 g/mol. The second-order valence-corrected chi connectivity index (χ2v) is 7.30. The van der Waals surface area contributed by atoms with Crippen LogP contribution in [0.2, 0.25) is 0 Å². The number of hydrogen-bond donors (Lipinski definition) is 1. The normalized spacial score (nSPS) is 16.1. The summed E-state index contributed by atoms with van der Waals surface area (Å²) in [5.41, 5.74) is 1.57. The number of ether oxygens (including phenoxy) is 3. The number of benzene rings is 2. The molecule has 0 radical (unpaired) electrons. The van der Waals surface area contributed by atoms with Crippen molar-refractivity contribution in [2.45, 2.75) is 38.4 Å². The van der Waals surface area contributed by atoms with Gasteiger partial charge >= 0.3 is 0 Å². The summed E-state index contributed by atoms with van der Waals surface area (Å²) >= 11 is 0. The van der Waals surface area contributed by atoms with E-state index in [-0.39, 0.29) is 17.8 Å². The maximum Gasteiger partial charge on any atom is 0.223 e. The Labute approximate surface area is 176 Å². The van der Waals surface area contributed by atoms with Crippen LogP contribution in [0.3, 0.4) is 0 Å². The van der Waals surface area contributed by atoms with Crippen LogP contribution in [-0.2, 0) is 17.9 Å².